The molecular formula is C18H21NO2. The standard InChI is InChI=1S/C18H21NO2/c1-2-21-18-10-6-5-9-16(18)17(20)13-19-11-14-7-3-4-8-15(14)12-19/h3-10,17,20H,2,11-13H2,1H3. The van der Waals surface area contributed by atoms with Crippen LogP contribution in [0.5, 0.6) is 5.75 Å². The van der Waals surface area contributed by atoms with Crippen molar-refractivity contribution in [3.63, 3.8) is 0 Å². The maximum Gasteiger partial charge on any atom is 0.125 e. The first-order chi connectivity index (χ1) is 10.3. The number of β-amino-alcohol motifs (C(OH)–C–C–N with tert-alkyl or cyclic N) is 1. The molecule has 3 heteroatoms. The summed E-state index contributed by atoms with van der Waals surface area (Å²) in [5, 5.41) is 10.5. The average molecular weight is 283 g/mol. The monoisotopic (exact) mass is 283 g/mol. The lowest BCUT2D eigenvalue weighted by atomic mass is 10.1. The van der Waals surface area contributed by atoms with Gasteiger partial charge in [-0.15, -0.1) is 0 Å². The Morgan fingerprint density at radius 3 is 2.33 bits per heavy atom. The Kier molecular flexibility index (Phi) is 4.23. The summed E-state index contributed by atoms with van der Waals surface area (Å²) in [5.41, 5.74) is 3.60. The Hall–Kier alpha value is -1.84. The number of rotatable bonds is 5. The molecule has 2 aromatic rings. The summed E-state index contributed by atoms with van der Waals surface area (Å²) in [7, 11) is 0. The summed E-state index contributed by atoms with van der Waals surface area (Å²) in [6, 6.07) is 16.2. The van der Waals surface area contributed by atoms with Crippen LogP contribution in [0.4, 0.5) is 0 Å². The third-order valence-electron chi connectivity index (χ3n) is 3.92. The molecule has 2 aromatic carbocycles. The van der Waals surface area contributed by atoms with E-state index in [0.717, 1.165) is 24.4 Å². The summed E-state index contributed by atoms with van der Waals surface area (Å²) in [5.74, 6) is 0.782. The Bertz CT molecular complexity index is 587. The molecule has 0 radical (unpaired) electrons. The first-order valence-corrected chi connectivity index (χ1v) is 7.47. The van der Waals surface area contributed by atoms with Crippen LogP contribution < -0.4 is 4.74 Å². The smallest absolute Gasteiger partial charge is 0.125 e. The van der Waals surface area contributed by atoms with E-state index in [1.807, 2.05) is 31.2 Å². The van der Waals surface area contributed by atoms with Gasteiger partial charge in [-0.05, 0) is 24.1 Å². The second-order valence-electron chi connectivity index (χ2n) is 5.42. The first-order valence-electron chi connectivity index (χ1n) is 7.47. The Balaban J connectivity index is 1.69. The van der Waals surface area contributed by atoms with E-state index in [9.17, 15) is 5.11 Å². The Labute approximate surface area is 125 Å². The number of hydrogen-bond donors (Lipinski definition) is 1. The van der Waals surface area contributed by atoms with Crippen molar-refractivity contribution in [2.24, 2.45) is 0 Å². The van der Waals surface area contributed by atoms with Crippen molar-refractivity contribution in [3.8, 4) is 5.75 Å². The molecule has 21 heavy (non-hydrogen) atoms. The highest BCUT2D eigenvalue weighted by Crippen LogP contribution is 2.29. The molecule has 0 bridgehead atoms. The zero-order valence-corrected chi connectivity index (χ0v) is 12.3. The Morgan fingerprint density at radius 1 is 1.05 bits per heavy atom. The van der Waals surface area contributed by atoms with E-state index in [-0.39, 0.29) is 0 Å². The van der Waals surface area contributed by atoms with E-state index < -0.39 is 6.10 Å². The van der Waals surface area contributed by atoms with Gasteiger partial charge in [0.15, 0.2) is 0 Å². The minimum atomic E-state index is -0.526. The van der Waals surface area contributed by atoms with Gasteiger partial charge in [0.1, 0.15) is 5.75 Å². The summed E-state index contributed by atoms with van der Waals surface area (Å²) in [4.78, 5) is 2.28. The maximum atomic E-state index is 10.5. The number of benzene rings is 2. The van der Waals surface area contributed by atoms with E-state index in [1.165, 1.54) is 11.1 Å². The third kappa shape index (κ3) is 3.09. The first kappa shape index (κ1) is 14.1. The molecule has 0 amide bonds. The molecule has 0 aliphatic carbocycles. The molecular weight excluding hydrogens is 262 g/mol. The zero-order valence-electron chi connectivity index (χ0n) is 12.3. The van der Waals surface area contributed by atoms with Crippen LogP contribution in [0.3, 0.4) is 0 Å². The van der Waals surface area contributed by atoms with Gasteiger partial charge in [-0.1, -0.05) is 42.5 Å². The molecule has 110 valence electrons. The molecule has 1 unspecified atom stereocenters. The predicted octanol–water partition coefficient (Wildman–Crippen LogP) is 3.13. The van der Waals surface area contributed by atoms with Crippen LogP contribution in [0.2, 0.25) is 0 Å². The number of hydrogen-bond acceptors (Lipinski definition) is 3. The fourth-order valence-corrected chi connectivity index (χ4v) is 2.92. The minimum Gasteiger partial charge on any atom is -0.493 e. The van der Waals surface area contributed by atoms with Crippen LogP contribution >= 0.6 is 0 Å². The highest BCUT2D eigenvalue weighted by atomic mass is 16.5. The summed E-state index contributed by atoms with van der Waals surface area (Å²) < 4.78 is 5.61. The van der Waals surface area contributed by atoms with Crippen molar-refractivity contribution in [1.82, 2.24) is 4.90 Å². The van der Waals surface area contributed by atoms with E-state index in [2.05, 4.69) is 29.2 Å². The van der Waals surface area contributed by atoms with Crippen LogP contribution in [0.15, 0.2) is 48.5 Å². The normalized spacial score (nSPS) is 15.7. The number of fused-ring (bicyclic) bond motifs is 1. The fraction of sp³-hybridized carbons (Fsp3) is 0.333. The molecule has 0 spiro atoms. The van der Waals surface area contributed by atoms with E-state index >= 15 is 0 Å². The second kappa shape index (κ2) is 6.29. The molecule has 1 aliphatic rings. The van der Waals surface area contributed by atoms with Crippen LogP contribution in [0.25, 0.3) is 0 Å². The van der Waals surface area contributed by atoms with Gasteiger partial charge >= 0.3 is 0 Å². The van der Waals surface area contributed by atoms with Gasteiger partial charge in [0, 0.05) is 25.2 Å². The number of aliphatic hydroxyl groups excluding tert-OH is 1. The molecule has 0 saturated carbocycles. The highest BCUT2D eigenvalue weighted by Gasteiger charge is 2.22. The molecule has 1 heterocycles. The largest absolute Gasteiger partial charge is 0.493 e. The average Bonchev–Trinajstić information content (AvgIpc) is 2.90. The number of nitrogens with zero attached hydrogens (tertiary/aromatic N) is 1. The maximum absolute atomic E-state index is 10.5. The van der Waals surface area contributed by atoms with Gasteiger partial charge in [0.25, 0.3) is 0 Å². The fourth-order valence-electron chi connectivity index (χ4n) is 2.92. The molecule has 0 fully saturated rings. The zero-order chi connectivity index (χ0) is 14.7. The lowest BCUT2D eigenvalue weighted by Gasteiger charge is -2.21. The number of para-hydroxylation sites is 1. The molecule has 0 aromatic heterocycles. The Morgan fingerprint density at radius 2 is 1.67 bits per heavy atom. The lowest BCUT2D eigenvalue weighted by Crippen LogP contribution is -2.23. The van der Waals surface area contributed by atoms with Crippen molar-refractivity contribution < 1.29 is 9.84 Å². The predicted molar refractivity (Wildman–Crippen MR) is 83.1 cm³/mol. The minimum absolute atomic E-state index is 0.526. The van der Waals surface area contributed by atoms with Gasteiger partial charge in [0.2, 0.25) is 0 Å². The van der Waals surface area contributed by atoms with E-state index in [1.54, 1.807) is 0 Å². The quantitative estimate of drug-likeness (QED) is 0.915. The number of ether oxygens (including phenoxy) is 1. The van der Waals surface area contributed by atoms with Gasteiger partial charge in [-0.3, -0.25) is 4.90 Å². The van der Waals surface area contributed by atoms with Gasteiger partial charge in [-0.2, -0.15) is 0 Å². The van der Waals surface area contributed by atoms with Crippen molar-refractivity contribution in [2.75, 3.05) is 13.2 Å². The van der Waals surface area contributed by atoms with Crippen molar-refractivity contribution in [1.29, 1.82) is 0 Å². The summed E-state index contributed by atoms with van der Waals surface area (Å²) >= 11 is 0. The van der Waals surface area contributed by atoms with Crippen LogP contribution in [-0.2, 0) is 13.1 Å². The summed E-state index contributed by atoms with van der Waals surface area (Å²) in [6.45, 7) is 5.01. The molecule has 1 atom stereocenters. The SMILES string of the molecule is CCOc1ccccc1C(O)CN1Cc2ccccc2C1. The van der Waals surface area contributed by atoms with Crippen LogP contribution in [0.1, 0.15) is 29.7 Å². The molecule has 1 aliphatic heterocycles. The lowest BCUT2D eigenvalue weighted by molar-refractivity contribution is 0.109. The molecule has 3 rings (SSSR count). The van der Waals surface area contributed by atoms with Crippen LogP contribution in [0, 0.1) is 0 Å². The van der Waals surface area contributed by atoms with Gasteiger partial charge < -0.3 is 9.84 Å². The number of aliphatic hydroxyl groups is 1. The summed E-state index contributed by atoms with van der Waals surface area (Å²) in [6.07, 6.45) is -0.526. The van der Waals surface area contributed by atoms with Crippen molar-refractivity contribution in [3.05, 3.63) is 65.2 Å². The molecule has 3 nitrogen and oxygen atoms in total. The van der Waals surface area contributed by atoms with Crippen molar-refractivity contribution in [2.45, 2.75) is 26.1 Å². The van der Waals surface area contributed by atoms with E-state index in [0.29, 0.717) is 13.2 Å². The van der Waals surface area contributed by atoms with E-state index in [4.69, 9.17) is 4.74 Å². The topological polar surface area (TPSA) is 32.7 Å². The highest BCUT2D eigenvalue weighted by molar-refractivity contribution is 5.36. The van der Waals surface area contributed by atoms with Crippen LogP contribution in [-0.4, -0.2) is 23.2 Å². The van der Waals surface area contributed by atoms with Gasteiger partial charge in [0.05, 0.1) is 12.7 Å². The second-order valence-corrected chi connectivity index (χ2v) is 5.42. The third-order valence-corrected chi connectivity index (χ3v) is 3.92. The molecule has 1 N–H and O–H groups in total. The van der Waals surface area contributed by atoms with Crippen molar-refractivity contribution >= 4 is 0 Å². The van der Waals surface area contributed by atoms with Gasteiger partial charge in [-0.25, -0.2) is 0 Å². The molecule has 0 saturated heterocycles.